The molecule has 0 aromatic heterocycles. The van der Waals surface area contributed by atoms with Crippen LogP contribution in [0.25, 0.3) is 0 Å². The second kappa shape index (κ2) is 5.14. The molecule has 0 radical (unpaired) electrons. The molecule has 3 nitrogen and oxygen atoms in total. The average molecular weight is 254 g/mol. The smallest absolute Gasteiger partial charge is 0.258 e. The van der Waals surface area contributed by atoms with Crippen LogP contribution < -0.4 is 10.6 Å². The van der Waals surface area contributed by atoms with Crippen molar-refractivity contribution in [3.8, 4) is 0 Å². The Morgan fingerprint density at radius 1 is 1.05 bits per heavy atom. The zero-order valence-corrected chi connectivity index (χ0v) is 11.5. The Labute approximate surface area is 113 Å². The van der Waals surface area contributed by atoms with Crippen LogP contribution in [-0.4, -0.2) is 13.0 Å². The number of nitrogen functional groups attached to an aromatic ring is 1. The molecule has 3 heteroatoms. The first kappa shape index (κ1) is 13.1. The molecule has 0 unspecified atom stereocenters. The Balaban J connectivity index is 2.28. The van der Waals surface area contributed by atoms with Gasteiger partial charge in [-0.15, -0.1) is 0 Å². The molecule has 2 aromatic rings. The van der Waals surface area contributed by atoms with Crippen LogP contribution in [-0.2, 0) is 0 Å². The Morgan fingerprint density at radius 3 is 2.26 bits per heavy atom. The van der Waals surface area contributed by atoms with Gasteiger partial charge in [0.1, 0.15) is 0 Å². The van der Waals surface area contributed by atoms with E-state index in [0.29, 0.717) is 11.3 Å². The summed E-state index contributed by atoms with van der Waals surface area (Å²) < 4.78 is 0. The zero-order valence-electron chi connectivity index (χ0n) is 11.5. The van der Waals surface area contributed by atoms with Crippen LogP contribution in [0.4, 0.5) is 11.4 Å². The first-order valence-electron chi connectivity index (χ1n) is 6.20. The van der Waals surface area contributed by atoms with E-state index >= 15 is 0 Å². The van der Waals surface area contributed by atoms with Crippen molar-refractivity contribution >= 4 is 17.3 Å². The first-order chi connectivity index (χ1) is 8.99. The molecule has 0 heterocycles. The zero-order chi connectivity index (χ0) is 14.0. The molecule has 0 saturated carbocycles. The van der Waals surface area contributed by atoms with Gasteiger partial charge in [0.2, 0.25) is 0 Å². The molecule has 2 N–H and O–H groups in total. The minimum atomic E-state index is -0.0597. The summed E-state index contributed by atoms with van der Waals surface area (Å²) in [5, 5.41) is 0. The first-order valence-corrected chi connectivity index (χ1v) is 6.20. The summed E-state index contributed by atoms with van der Waals surface area (Å²) in [5.41, 5.74) is 10.1. The van der Waals surface area contributed by atoms with E-state index in [9.17, 15) is 4.79 Å². The lowest BCUT2D eigenvalue weighted by Crippen LogP contribution is -2.26. The molecule has 0 spiro atoms. The summed E-state index contributed by atoms with van der Waals surface area (Å²) in [7, 11) is 1.77. The van der Waals surface area contributed by atoms with Gasteiger partial charge in [-0.1, -0.05) is 23.8 Å². The monoisotopic (exact) mass is 254 g/mol. The second-order valence-corrected chi connectivity index (χ2v) is 4.77. The largest absolute Gasteiger partial charge is 0.398 e. The molecule has 98 valence electrons. The van der Waals surface area contributed by atoms with Crippen LogP contribution in [0.3, 0.4) is 0 Å². The van der Waals surface area contributed by atoms with Gasteiger partial charge >= 0.3 is 0 Å². The number of rotatable bonds is 2. The second-order valence-electron chi connectivity index (χ2n) is 4.77. The normalized spacial score (nSPS) is 10.3. The van der Waals surface area contributed by atoms with Gasteiger partial charge in [0, 0.05) is 24.0 Å². The molecular formula is C16H18N2O. The maximum absolute atomic E-state index is 12.4. The van der Waals surface area contributed by atoms with Gasteiger partial charge in [-0.05, 0) is 43.7 Å². The number of hydrogen-bond acceptors (Lipinski definition) is 2. The summed E-state index contributed by atoms with van der Waals surface area (Å²) in [5.74, 6) is -0.0597. The lowest BCUT2D eigenvalue weighted by atomic mass is 10.1. The number of carbonyl (C=O) groups excluding carboxylic acids is 1. The van der Waals surface area contributed by atoms with Gasteiger partial charge in [0.05, 0.1) is 0 Å². The van der Waals surface area contributed by atoms with Gasteiger partial charge in [0.15, 0.2) is 0 Å². The van der Waals surface area contributed by atoms with Gasteiger partial charge < -0.3 is 10.6 Å². The van der Waals surface area contributed by atoms with E-state index in [4.69, 9.17) is 5.73 Å². The highest BCUT2D eigenvalue weighted by atomic mass is 16.2. The Hall–Kier alpha value is -2.29. The minimum absolute atomic E-state index is 0.0597. The fourth-order valence-corrected chi connectivity index (χ4v) is 1.85. The summed E-state index contributed by atoms with van der Waals surface area (Å²) in [6.45, 7) is 3.94. The Kier molecular flexibility index (Phi) is 3.56. The Bertz CT molecular complexity index is 603. The van der Waals surface area contributed by atoms with Crippen molar-refractivity contribution in [3.05, 3.63) is 59.2 Å². The van der Waals surface area contributed by atoms with E-state index in [1.807, 2.05) is 44.2 Å². The number of aryl methyl sites for hydroxylation is 2. The van der Waals surface area contributed by atoms with Crippen LogP contribution in [0.15, 0.2) is 42.5 Å². The molecule has 2 aromatic carbocycles. The highest BCUT2D eigenvalue weighted by molar-refractivity contribution is 6.06. The quantitative estimate of drug-likeness (QED) is 0.837. The Morgan fingerprint density at radius 2 is 1.68 bits per heavy atom. The SMILES string of the molecule is Cc1ccc(N(C)C(=O)c2ccc(C)c(N)c2)cc1. The number of hydrogen-bond donors (Lipinski definition) is 1. The number of carbonyl (C=O) groups is 1. The van der Waals surface area contributed by atoms with Crippen molar-refractivity contribution in [2.75, 3.05) is 17.7 Å². The average Bonchev–Trinajstić information content (AvgIpc) is 2.41. The van der Waals surface area contributed by atoms with Crippen molar-refractivity contribution in [2.45, 2.75) is 13.8 Å². The molecule has 0 saturated heterocycles. The van der Waals surface area contributed by atoms with Crippen LogP contribution in [0.1, 0.15) is 21.5 Å². The maximum atomic E-state index is 12.4. The molecule has 2 rings (SSSR count). The lowest BCUT2D eigenvalue weighted by Gasteiger charge is -2.18. The number of benzene rings is 2. The van der Waals surface area contributed by atoms with E-state index < -0.39 is 0 Å². The van der Waals surface area contributed by atoms with Gasteiger partial charge in [-0.2, -0.15) is 0 Å². The van der Waals surface area contributed by atoms with E-state index in [2.05, 4.69) is 0 Å². The minimum Gasteiger partial charge on any atom is -0.398 e. The number of nitrogens with zero attached hydrogens (tertiary/aromatic N) is 1. The fourth-order valence-electron chi connectivity index (χ4n) is 1.85. The van der Waals surface area contributed by atoms with Crippen molar-refractivity contribution < 1.29 is 4.79 Å². The standard InChI is InChI=1S/C16H18N2O/c1-11-4-8-14(9-5-11)18(3)16(19)13-7-6-12(2)15(17)10-13/h4-10H,17H2,1-3H3. The number of nitrogens with two attached hydrogens (primary N) is 1. The number of amides is 1. The fraction of sp³-hybridized carbons (Fsp3) is 0.188. The highest BCUT2D eigenvalue weighted by Crippen LogP contribution is 2.19. The van der Waals surface area contributed by atoms with E-state index in [-0.39, 0.29) is 5.91 Å². The van der Waals surface area contributed by atoms with Crippen molar-refractivity contribution in [1.82, 2.24) is 0 Å². The molecule has 1 amide bonds. The van der Waals surface area contributed by atoms with Crippen LogP contribution in [0, 0.1) is 13.8 Å². The topological polar surface area (TPSA) is 46.3 Å². The molecular weight excluding hydrogens is 236 g/mol. The van der Waals surface area contributed by atoms with Crippen molar-refractivity contribution in [3.63, 3.8) is 0 Å². The molecule has 0 fully saturated rings. The van der Waals surface area contributed by atoms with Crippen LogP contribution in [0.2, 0.25) is 0 Å². The third-order valence-corrected chi connectivity index (χ3v) is 3.25. The summed E-state index contributed by atoms with van der Waals surface area (Å²) in [6, 6.07) is 13.2. The summed E-state index contributed by atoms with van der Waals surface area (Å²) in [6.07, 6.45) is 0. The van der Waals surface area contributed by atoms with E-state index in [1.54, 1.807) is 24.1 Å². The van der Waals surface area contributed by atoms with Crippen molar-refractivity contribution in [1.29, 1.82) is 0 Å². The van der Waals surface area contributed by atoms with E-state index in [0.717, 1.165) is 11.3 Å². The highest BCUT2D eigenvalue weighted by Gasteiger charge is 2.13. The third kappa shape index (κ3) is 2.76. The summed E-state index contributed by atoms with van der Waals surface area (Å²) in [4.78, 5) is 14.0. The molecule has 0 aliphatic rings. The summed E-state index contributed by atoms with van der Waals surface area (Å²) >= 11 is 0. The molecule has 0 atom stereocenters. The van der Waals surface area contributed by atoms with Gasteiger partial charge in [-0.3, -0.25) is 4.79 Å². The molecule has 0 aliphatic heterocycles. The van der Waals surface area contributed by atoms with Gasteiger partial charge in [0.25, 0.3) is 5.91 Å². The van der Waals surface area contributed by atoms with E-state index in [1.165, 1.54) is 5.56 Å². The molecule has 0 bridgehead atoms. The third-order valence-electron chi connectivity index (χ3n) is 3.25. The number of anilines is 2. The molecule has 0 aliphatic carbocycles. The predicted octanol–water partition coefficient (Wildman–Crippen LogP) is 3.16. The van der Waals surface area contributed by atoms with Gasteiger partial charge in [-0.25, -0.2) is 0 Å². The lowest BCUT2D eigenvalue weighted by molar-refractivity contribution is 0.0993. The predicted molar refractivity (Wildman–Crippen MR) is 79.5 cm³/mol. The van der Waals surface area contributed by atoms with Crippen LogP contribution >= 0.6 is 0 Å². The molecule has 19 heavy (non-hydrogen) atoms. The van der Waals surface area contributed by atoms with Crippen molar-refractivity contribution in [2.24, 2.45) is 0 Å². The maximum Gasteiger partial charge on any atom is 0.258 e. The van der Waals surface area contributed by atoms with Crippen LogP contribution in [0.5, 0.6) is 0 Å².